The van der Waals surface area contributed by atoms with E-state index in [2.05, 4.69) is 10.1 Å². The molecule has 0 heterocycles. The Hall–Kier alpha value is -1.69. The maximum absolute atomic E-state index is 13.6. The van der Waals surface area contributed by atoms with Gasteiger partial charge in [-0.25, -0.2) is 8.78 Å². The maximum atomic E-state index is 13.6. The molecule has 6 heteroatoms. The molecule has 0 spiro atoms. The molecule has 2 N–H and O–H groups in total. The summed E-state index contributed by atoms with van der Waals surface area (Å²) in [5.41, 5.74) is -0.248. The highest BCUT2D eigenvalue weighted by atomic mass is 19.1. The lowest BCUT2D eigenvalue weighted by Gasteiger charge is -2.15. The minimum atomic E-state index is -0.779. The average Bonchev–Trinajstić information content (AvgIpc) is 2.79. The monoisotopic (exact) mass is 271 g/mol. The number of amides is 1. The van der Waals surface area contributed by atoms with Crippen LogP contribution >= 0.6 is 0 Å². The zero-order chi connectivity index (χ0) is 14.0. The van der Waals surface area contributed by atoms with E-state index < -0.39 is 29.6 Å². The Bertz CT molecular complexity index is 493. The lowest BCUT2D eigenvalue weighted by atomic mass is 10.1. The second kappa shape index (κ2) is 5.52. The summed E-state index contributed by atoms with van der Waals surface area (Å²) in [5.74, 6) is -2.82. The molecule has 104 valence electrons. The molecule has 1 aliphatic carbocycles. The number of halogens is 2. The summed E-state index contributed by atoms with van der Waals surface area (Å²) in [5, 5.41) is 11.9. The third kappa shape index (κ3) is 2.84. The molecule has 4 nitrogen and oxygen atoms in total. The summed E-state index contributed by atoms with van der Waals surface area (Å²) < 4.78 is 31.7. The van der Waals surface area contributed by atoms with E-state index in [0.717, 1.165) is 18.6 Å². The van der Waals surface area contributed by atoms with Gasteiger partial charge in [0, 0.05) is 12.1 Å². The van der Waals surface area contributed by atoms with E-state index in [1.54, 1.807) is 0 Å². The molecule has 19 heavy (non-hydrogen) atoms. The van der Waals surface area contributed by atoms with Gasteiger partial charge in [-0.2, -0.15) is 0 Å². The van der Waals surface area contributed by atoms with Crippen LogP contribution in [0.2, 0.25) is 0 Å². The number of aliphatic hydroxyl groups excluding tert-OH is 1. The average molecular weight is 271 g/mol. The third-order valence-electron chi connectivity index (χ3n) is 3.32. The summed E-state index contributed by atoms with van der Waals surface area (Å²) in [7, 11) is 1.23. The SMILES string of the molecule is COc1cc(F)c(NC(=O)C2CCCC2O)cc1F. The van der Waals surface area contributed by atoms with Crippen molar-refractivity contribution in [3.63, 3.8) is 0 Å². The normalized spacial score (nSPS) is 22.3. The van der Waals surface area contributed by atoms with Crippen molar-refractivity contribution in [1.82, 2.24) is 0 Å². The maximum Gasteiger partial charge on any atom is 0.230 e. The Balaban J connectivity index is 2.15. The van der Waals surface area contributed by atoms with E-state index in [1.165, 1.54) is 7.11 Å². The van der Waals surface area contributed by atoms with E-state index in [0.29, 0.717) is 12.8 Å². The highest BCUT2D eigenvalue weighted by Gasteiger charge is 2.31. The van der Waals surface area contributed by atoms with E-state index in [-0.39, 0.29) is 11.4 Å². The molecule has 1 fully saturated rings. The fourth-order valence-electron chi connectivity index (χ4n) is 2.25. The number of carbonyl (C=O) groups is 1. The van der Waals surface area contributed by atoms with Crippen LogP contribution in [0.15, 0.2) is 12.1 Å². The minimum absolute atomic E-state index is 0.226. The Labute approximate surface area is 109 Å². The van der Waals surface area contributed by atoms with E-state index in [4.69, 9.17) is 0 Å². The lowest BCUT2D eigenvalue weighted by molar-refractivity contribution is -0.122. The molecule has 1 saturated carbocycles. The number of hydrogen-bond acceptors (Lipinski definition) is 3. The topological polar surface area (TPSA) is 58.6 Å². The summed E-state index contributed by atoms with van der Waals surface area (Å²) in [6.07, 6.45) is 1.13. The quantitative estimate of drug-likeness (QED) is 0.884. The first kappa shape index (κ1) is 13.7. The first-order valence-electron chi connectivity index (χ1n) is 6.05. The molecule has 2 rings (SSSR count). The summed E-state index contributed by atoms with van der Waals surface area (Å²) in [6.45, 7) is 0. The number of nitrogens with one attached hydrogen (secondary N) is 1. The number of rotatable bonds is 3. The first-order chi connectivity index (χ1) is 9.02. The van der Waals surface area contributed by atoms with Gasteiger partial charge in [-0.1, -0.05) is 0 Å². The van der Waals surface area contributed by atoms with Crippen molar-refractivity contribution in [2.24, 2.45) is 5.92 Å². The van der Waals surface area contributed by atoms with Gasteiger partial charge in [0.15, 0.2) is 17.4 Å². The van der Waals surface area contributed by atoms with Gasteiger partial charge >= 0.3 is 0 Å². The van der Waals surface area contributed by atoms with Crippen molar-refractivity contribution >= 4 is 11.6 Å². The zero-order valence-electron chi connectivity index (χ0n) is 10.5. The number of carbonyl (C=O) groups excluding carboxylic acids is 1. The predicted octanol–water partition coefficient (Wildman–Crippen LogP) is 2.07. The van der Waals surface area contributed by atoms with Crippen LogP contribution in [0.1, 0.15) is 19.3 Å². The van der Waals surface area contributed by atoms with Gasteiger partial charge in [0.1, 0.15) is 0 Å². The van der Waals surface area contributed by atoms with Crippen molar-refractivity contribution in [1.29, 1.82) is 0 Å². The van der Waals surface area contributed by atoms with Crippen molar-refractivity contribution < 1.29 is 23.4 Å². The molecule has 2 unspecified atom stereocenters. The first-order valence-corrected chi connectivity index (χ1v) is 6.05. The minimum Gasteiger partial charge on any atom is -0.494 e. The molecule has 0 aliphatic heterocycles. The van der Waals surface area contributed by atoms with Gasteiger partial charge in [0.2, 0.25) is 5.91 Å². The number of methoxy groups -OCH3 is 1. The van der Waals surface area contributed by atoms with Crippen molar-refractivity contribution in [2.45, 2.75) is 25.4 Å². The van der Waals surface area contributed by atoms with Crippen LogP contribution < -0.4 is 10.1 Å². The highest BCUT2D eigenvalue weighted by Crippen LogP contribution is 2.29. The smallest absolute Gasteiger partial charge is 0.230 e. The molecule has 0 bridgehead atoms. The highest BCUT2D eigenvalue weighted by molar-refractivity contribution is 5.93. The van der Waals surface area contributed by atoms with Crippen molar-refractivity contribution in [3.8, 4) is 5.75 Å². The molecule has 0 saturated heterocycles. The fourth-order valence-corrected chi connectivity index (χ4v) is 2.25. The molecule has 0 radical (unpaired) electrons. The van der Waals surface area contributed by atoms with Gasteiger partial charge in [0.05, 0.1) is 24.8 Å². The standard InChI is InChI=1S/C13H15F2NO3/c1-19-12-6-8(14)10(5-9(12)15)16-13(18)7-3-2-4-11(7)17/h5-7,11,17H,2-4H2,1H3,(H,16,18). The second-order valence-electron chi connectivity index (χ2n) is 4.56. The Morgan fingerprint density at radius 2 is 2.11 bits per heavy atom. The summed E-state index contributed by atoms with van der Waals surface area (Å²) >= 11 is 0. The van der Waals surface area contributed by atoms with Gasteiger partial charge in [0.25, 0.3) is 0 Å². The van der Waals surface area contributed by atoms with Crippen LogP contribution in [0, 0.1) is 17.6 Å². The largest absolute Gasteiger partial charge is 0.494 e. The number of benzene rings is 1. The van der Waals surface area contributed by atoms with Gasteiger partial charge < -0.3 is 15.2 Å². The molecule has 2 atom stereocenters. The van der Waals surface area contributed by atoms with E-state index in [1.807, 2.05) is 0 Å². The fraction of sp³-hybridized carbons (Fsp3) is 0.462. The van der Waals surface area contributed by atoms with Gasteiger partial charge in [-0.15, -0.1) is 0 Å². The number of ether oxygens (including phenoxy) is 1. The lowest BCUT2D eigenvalue weighted by Crippen LogP contribution is -2.29. The van der Waals surface area contributed by atoms with Crippen LogP contribution in [0.4, 0.5) is 14.5 Å². The third-order valence-corrected chi connectivity index (χ3v) is 3.32. The van der Waals surface area contributed by atoms with Gasteiger partial charge in [-0.3, -0.25) is 4.79 Å². The van der Waals surface area contributed by atoms with Crippen LogP contribution in [0.5, 0.6) is 5.75 Å². The number of hydrogen-bond donors (Lipinski definition) is 2. The molecule has 1 amide bonds. The van der Waals surface area contributed by atoms with Gasteiger partial charge in [-0.05, 0) is 19.3 Å². The number of anilines is 1. The Morgan fingerprint density at radius 3 is 2.68 bits per heavy atom. The number of aliphatic hydroxyl groups is 1. The molecule has 0 aromatic heterocycles. The molecule has 1 aromatic rings. The molecule has 1 aromatic carbocycles. The molecular formula is C13H15F2NO3. The van der Waals surface area contributed by atoms with E-state index in [9.17, 15) is 18.7 Å². The Kier molecular flexibility index (Phi) is 3.99. The van der Waals surface area contributed by atoms with Crippen molar-refractivity contribution in [3.05, 3.63) is 23.8 Å². The Morgan fingerprint density at radius 1 is 1.37 bits per heavy atom. The van der Waals surface area contributed by atoms with E-state index >= 15 is 0 Å². The van der Waals surface area contributed by atoms with Crippen LogP contribution in [0.25, 0.3) is 0 Å². The second-order valence-corrected chi connectivity index (χ2v) is 4.56. The zero-order valence-corrected chi connectivity index (χ0v) is 10.5. The predicted molar refractivity (Wildman–Crippen MR) is 64.9 cm³/mol. The van der Waals surface area contributed by atoms with Crippen LogP contribution in [-0.4, -0.2) is 24.2 Å². The molecular weight excluding hydrogens is 256 g/mol. The van der Waals surface area contributed by atoms with Crippen LogP contribution in [-0.2, 0) is 4.79 Å². The summed E-state index contributed by atoms with van der Waals surface area (Å²) in [4.78, 5) is 11.9. The van der Waals surface area contributed by atoms with Crippen LogP contribution in [0.3, 0.4) is 0 Å². The van der Waals surface area contributed by atoms with Crippen molar-refractivity contribution in [2.75, 3.05) is 12.4 Å². The molecule has 1 aliphatic rings. The summed E-state index contributed by atoms with van der Waals surface area (Å²) in [6, 6.07) is 1.74.